The lowest BCUT2D eigenvalue weighted by molar-refractivity contribution is 0.241. The predicted molar refractivity (Wildman–Crippen MR) is 525 cm³/mol. The van der Waals surface area contributed by atoms with Gasteiger partial charge in [-0.3, -0.25) is 0 Å². The number of imidazole rings is 1. The molecule has 0 radical (unpaired) electrons. The van der Waals surface area contributed by atoms with Gasteiger partial charge >= 0.3 is 0 Å². The second kappa shape index (κ2) is 50.3. The molecule has 117 heavy (non-hydrogen) atoms. The number of aromatic amines is 2. The molecule has 0 saturated heterocycles. The molecule has 646 valence electrons. The van der Waals surface area contributed by atoms with Gasteiger partial charge in [-0.1, -0.05) is 438 Å². The first-order chi connectivity index (χ1) is 54.5. The van der Waals surface area contributed by atoms with Crippen molar-refractivity contribution in [1.82, 2.24) is 15.0 Å². The van der Waals surface area contributed by atoms with Gasteiger partial charge in [0.1, 0.15) is 0 Å². The number of H-pyrrole nitrogens is 2. The van der Waals surface area contributed by atoms with Crippen molar-refractivity contribution < 1.29 is 0 Å². The van der Waals surface area contributed by atoms with Gasteiger partial charge in [0, 0.05) is 29.0 Å². The Labute approximate surface area is 721 Å². The van der Waals surface area contributed by atoms with Gasteiger partial charge in [-0.15, -0.1) is 0 Å². The minimum atomic E-state index is 0.352. The number of para-hydroxylation sites is 1. The summed E-state index contributed by atoms with van der Waals surface area (Å²) in [7, 11) is 0. The highest BCUT2D eigenvalue weighted by Crippen LogP contribution is 2.36. The average molecular weight is 1590 g/mol. The molecule has 2 aliphatic carbocycles. The number of nitrogens with zero attached hydrogens (tertiary/aromatic N) is 1. The molecule has 0 spiro atoms. The number of nitrogens with one attached hydrogen (secondary N) is 2. The summed E-state index contributed by atoms with van der Waals surface area (Å²) in [6.45, 7) is 66.3. The number of fused-ring (bicyclic) bond motifs is 3. The number of rotatable bonds is 16. The van der Waals surface area contributed by atoms with Gasteiger partial charge in [0.15, 0.2) is 0 Å². The van der Waals surface area contributed by atoms with Crippen LogP contribution in [-0.4, -0.2) is 15.0 Å². The molecule has 12 rings (SSSR count). The number of hydrogen-bond acceptors (Lipinski definition) is 1. The van der Waals surface area contributed by atoms with Crippen LogP contribution in [0.4, 0.5) is 0 Å². The maximum absolute atomic E-state index is 3.95. The van der Waals surface area contributed by atoms with E-state index in [2.05, 4.69) is 410 Å². The van der Waals surface area contributed by atoms with E-state index >= 15 is 0 Å². The fraction of sp³-hybridized carbons (Fsp3) is 0.570. The van der Waals surface area contributed by atoms with Crippen LogP contribution in [0.25, 0.3) is 32.4 Å². The summed E-state index contributed by atoms with van der Waals surface area (Å²) in [5, 5.41) is 6.81. The van der Waals surface area contributed by atoms with Crippen LogP contribution in [0.2, 0.25) is 0 Å². The lowest BCUT2D eigenvalue weighted by atomic mass is 9.78. The summed E-state index contributed by atoms with van der Waals surface area (Å²) in [6, 6.07) is 67.4. The van der Waals surface area contributed by atoms with E-state index in [4.69, 9.17) is 0 Å². The van der Waals surface area contributed by atoms with Crippen molar-refractivity contribution >= 4 is 32.4 Å². The average Bonchev–Trinajstić information content (AvgIpc) is 1.77. The smallest absolute Gasteiger partial charge is 0.0921 e. The van der Waals surface area contributed by atoms with Gasteiger partial charge in [-0.05, 0) is 238 Å². The summed E-state index contributed by atoms with van der Waals surface area (Å²) >= 11 is 0. The molecule has 0 atom stereocenters. The van der Waals surface area contributed by atoms with Crippen molar-refractivity contribution in [1.29, 1.82) is 0 Å². The Morgan fingerprint density at radius 1 is 0.342 bits per heavy atom. The quantitative estimate of drug-likeness (QED) is 0.0995. The van der Waals surface area contributed by atoms with Crippen molar-refractivity contribution in [3.63, 3.8) is 0 Å². The van der Waals surface area contributed by atoms with E-state index in [1.807, 2.05) is 6.20 Å². The highest BCUT2D eigenvalue weighted by molar-refractivity contribution is 5.86. The van der Waals surface area contributed by atoms with Crippen molar-refractivity contribution in [3.8, 4) is 0 Å². The Balaban J connectivity index is 0.000000278. The van der Waals surface area contributed by atoms with E-state index in [-0.39, 0.29) is 0 Å². The van der Waals surface area contributed by atoms with E-state index in [9.17, 15) is 0 Å². The highest BCUT2D eigenvalue weighted by atomic mass is 14.9. The first-order valence-electron chi connectivity index (χ1n) is 46.1. The van der Waals surface area contributed by atoms with Crippen molar-refractivity contribution in [2.75, 3.05) is 0 Å². The molecule has 3 heteroatoms. The van der Waals surface area contributed by atoms with Gasteiger partial charge in [-0.25, -0.2) is 4.98 Å². The molecule has 2 aliphatic rings. The van der Waals surface area contributed by atoms with Crippen LogP contribution in [0.15, 0.2) is 207 Å². The Kier molecular flexibility index (Phi) is 44.0. The topological polar surface area (TPSA) is 44.5 Å². The summed E-state index contributed by atoms with van der Waals surface area (Å²) in [5.74, 6) is 3.85. The number of aromatic nitrogens is 3. The summed E-state index contributed by atoms with van der Waals surface area (Å²) in [5.41, 5.74) is 17.4. The van der Waals surface area contributed by atoms with Crippen molar-refractivity contribution in [2.24, 2.45) is 67.0 Å². The van der Waals surface area contributed by atoms with Gasteiger partial charge in [0.05, 0.1) is 6.33 Å². The van der Waals surface area contributed by atoms with Crippen LogP contribution in [0, 0.1) is 80.8 Å². The standard InChI is InChI=1S/C16H20.C14H16.C13H17N.C13H26.2C13H20.C12H24.C12H18.C8H14N2/c1-16(2,3)11-10-13-8-9-14-6-4-5-7-15(14)12-13;1-11(2)10-13-8-5-7-12-6-3-4-9-14(12)13;1-13(2,3)8-10-9-14-12-7-5-4-6-11(10)12;3*1-11-5-7-12(8-6-11)9-10-13(2,3)4;2*1-12(2,3)10-9-11-7-5-4-6-8-11;1-8(2,3)4-7-5-9-6-10-7/h4-9,12H,10-11H2,1-3H3;3-9,11H,10H2,1-2H3;4-7,9,14H,8H2,1-3H3;11-12H,5-10H2,1-4H3;2*5-8H,9-10H2,1-4H3;11H,4-10H2,1-3H3;4-8H,9-10H2,1-3H3;5-6H,4H2,1-3H3,(H,9,10). The first kappa shape index (κ1) is 102. The lowest BCUT2D eigenvalue weighted by Crippen LogP contribution is -2.15. The predicted octanol–water partition coefficient (Wildman–Crippen LogP) is 35.3. The molecule has 2 saturated carbocycles. The van der Waals surface area contributed by atoms with Gasteiger partial charge in [0.25, 0.3) is 0 Å². The van der Waals surface area contributed by atoms with Crippen LogP contribution >= 0.6 is 0 Å². The summed E-state index contributed by atoms with van der Waals surface area (Å²) < 4.78 is 0. The van der Waals surface area contributed by atoms with Crippen molar-refractivity contribution in [2.45, 2.75) is 355 Å². The molecule has 2 N–H and O–H groups in total. The lowest BCUT2D eigenvalue weighted by Gasteiger charge is -2.28. The Morgan fingerprint density at radius 2 is 0.744 bits per heavy atom. The fourth-order valence-corrected chi connectivity index (χ4v) is 14.7. The SMILES string of the molecule is CC(C)(C)CCC1CCCCC1.CC(C)(C)CCc1ccc2ccccc2c1.CC(C)(C)CCc1ccccc1.CC(C)(C)Cc1c[nH]c2ccccc12.CC(C)(C)Cc1cnc[nH]1.CC(C)Cc1cccc2ccccc12.CC1CCC(CCC(C)(C)C)CC1.Cc1ccc(CCC(C)(C)C)cc1.Cc1ccc(CCC(C)(C)C)cc1. The molecular formula is C114H175N3. The van der Waals surface area contributed by atoms with Gasteiger partial charge in [-0.2, -0.15) is 0 Å². The Bertz CT molecular complexity index is 4110. The number of aryl methyl sites for hydroxylation is 6. The van der Waals surface area contributed by atoms with Crippen LogP contribution in [0.5, 0.6) is 0 Å². The van der Waals surface area contributed by atoms with E-state index in [0.29, 0.717) is 43.3 Å². The minimum Gasteiger partial charge on any atom is -0.361 e. The number of benzene rings is 8. The third-order valence-corrected chi connectivity index (χ3v) is 22.2. The first-order valence-corrected chi connectivity index (χ1v) is 46.1. The van der Waals surface area contributed by atoms with Crippen LogP contribution in [0.1, 0.15) is 346 Å². The van der Waals surface area contributed by atoms with E-state index < -0.39 is 0 Å². The third-order valence-electron chi connectivity index (χ3n) is 22.2. The van der Waals surface area contributed by atoms with Crippen molar-refractivity contribution in [3.05, 3.63) is 257 Å². The molecule has 2 fully saturated rings. The summed E-state index contributed by atoms with van der Waals surface area (Å²) in [6.07, 6.45) is 38.1. The van der Waals surface area contributed by atoms with Crippen LogP contribution in [0.3, 0.4) is 0 Å². The molecular weight excluding hydrogens is 1410 g/mol. The van der Waals surface area contributed by atoms with E-state index in [1.54, 1.807) is 6.33 Å². The monoisotopic (exact) mass is 1590 g/mol. The molecule has 0 amide bonds. The largest absolute Gasteiger partial charge is 0.361 e. The van der Waals surface area contributed by atoms with Gasteiger partial charge < -0.3 is 9.97 Å². The zero-order chi connectivity index (χ0) is 87.1. The molecule has 8 aromatic carbocycles. The van der Waals surface area contributed by atoms with Crippen LogP contribution in [-0.2, 0) is 44.9 Å². The Hall–Kier alpha value is -6.97. The molecule has 2 aromatic heterocycles. The minimum absolute atomic E-state index is 0.352. The number of hydrogen-bond donors (Lipinski definition) is 2. The molecule has 0 unspecified atom stereocenters. The fourth-order valence-electron chi connectivity index (χ4n) is 14.7. The maximum Gasteiger partial charge on any atom is 0.0921 e. The maximum atomic E-state index is 3.95. The second-order valence-electron chi connectivity index (χ2n) is 45.4. The van der Waals surface area contributed by atoms with E-state index in [1.165, 1.54) is 224 Å². The van der Waals surface area contributed by atoms with Gasteiger partial charge in [0.2, 0.25) is 0 Å². The molecule has 3 nitrogen and oxygen atoms in total. The molecule has 10 aromatic rings. The zero-order valence-electron chi connectivity index (χ0n) is 80.9. The van der Waals surface area contributed by atoms with E-state index in [0.717, 1.165) is 36.5 Å². The normalized spacial score (nSPS) is 14.8. The third kappa shape index (κ3) is 50.7. The molecule has 2 heterocycles. The second-order valence-corrected chi connectivity index (χ2v) is 45.4. The zero-order valence-corrected chi connectivity index (χ0v) is 80.9. The summed E-state index contributed by atoms with van der Waals surface area (Å²) in [4.78, 5) is 10.3. The molecule has 0 aliphatic heterocycles. The van der Waals surface area contributed by atoms with Crippen LogP contribution < -0.4 is 0 Å². The molecule has 0 bridgehead atoms. The Morgan fingerprint density at radius 3 is 1.20 bits per heavy atom. The highest BCUT2D eigenvalue weighted by Gasteiger charge is 2.22.